The van der Waals surface area contributed by atoms with Crippen molar-refractivity contribution in [2.24, 2.45) is 0 Å². The van der Waals surface area contributed by atoms with Gasteiger partial charge in [0.15, 0.2) is 0 Å². The second-order valence-electron chi connectivity index (χ2n) is 4.51. The zero-order valence-corrected chi connectivity index (χ0v) is 10.8. The third-order valence-electron chi connectivity index (χ3n) is 2.54. The summed E-state index contributed by atoms with van der Waals surface area (Å²) in [4.78, 5) is 15.7. The van der Waals surface area contributed by atoms with Gasteiger partial charge in [-0.25, -0.2) is 9.78 Å². The predicted octanol–water partition coefficient (Wildman–Crippen LogP) is 2.87. The third kappa shape index (κ3) is 4.11. The Balaban J connectivity index is 3.14. The van der Waals surface area contributed by atoms with E-state index in [4.69, 9.17) is 5.11 Å². The largest absolute Gasteiger partial charge is 0.478 e. The van der Waals surface area contributed by atoms with E-state index < -0.39 is 24.7 Å². The summed E-state index contributed by atoms with van der Waals surface area (Å²) in [6.07, 6.45) is -3.28. The third-order valence-corrected chi connectivity index (χ3v) is 2.54. The first-order valence-electron chi connectivity index (χ1n) is 5.65. The quantitative estimate of drug-likeness (QED) is 0.918. The number of hydrogen-bond acceptors (Lipinski definition) is 3. The number of nitrogens with zero attached hydrogens (tertiary/aromatic N) is 2. The molecule has 0 aliphatic carbocycles. The van der Waals surface area contributed by atoms with Crippen LogP contribution in [0.25, 0.3) is 0 Å². The average Bonchev–Trinajstić information content (AvgIpc) is 2.24. The number of aromatic carboxylic acids is 1. The van der Waals surface area contributed by atoms with Crippen molar-refractivity contribution in [2.75, 3.05) is 11.4 Å². The highest BCUT2D eigenvalue weighted by Crippen LogP contribution is 2.25. The molecular formula is C12H15F3N2O2. The molecule has 106 valence electrons. The van der Waals surface area contributed by atoms with Gasteiger partial charge in [0.25, 0.3) is 0 Å². The number of carboxylic acid groups (broad SMARTS) is 1. The Bertz CT molecular complexity index is 473. The minimum Gasteiger partial charge on any atom is -0.478 e. The lowest BCUT2D eigenvalue weighted by atomic mass is 10.1. The summed E-state index contributed by atoms with van der Waals surface area (Å²) in [5.41, 5.74) is 0.356. The van der Waals surface area contributed by atoms with E-state index in [2.05, 4.69) is 4.98 Å². The Morgan fingerprint density at radius 2 is 2.05 bits per heavy atom. The highest BCUT2D eigenvalue weighted by atomic mass is 19.4. The van der Waals surface area contributed by atoms with Crippen molar-refractivity contribution >= 4 is 11.8 Å². The summed E-state index contributed by atoms with van der Waals surface area (Å²) in [5, 5.41) is 8.80. The smallest absolute Gasteiger partial charge is 0.405 e. The van der Waals surface area contributed by atoms with E-state index in [9.17, 15) is 18.0 Å². The number of pyridine rings is 1. The molecule has 1 N–H and O–H groups in total. The van der Waals surface area contributed by atoms with Gasteiger partial charge < -0.3 is 10.0 Å². The lowest BCUT2D eigenvalue weighted by Gasteiger charge is -2.30. The van der Waals surface area contributed by atoms with Crippen LogP contribution in [0.5, 0.6) is 0 Å². The van der Waals surface area contributed by atoms with Gasteiger partial charge in [-0.1, -0.05) is 0 Å². The molecule has 0 saturated carbocycles. The van der Waals surface area contributed by atoms with Crippen molar-refractivity contribution in [1.82, 2.24) is 4.98 Å². The van der Waals surface area contributed by atoms with E-state index in [0.29, 0.717) is 5.56 Å². The Labute approximate surface area is 108 Å². The van der Waals surface area contributed by atoms with Crippen LogP contribution in [0.4, 0.5) is 19.0 Å². The van der Waals surface area contributed by atoms with Crippen LogP contribution in [-0.2, 0) is 0 Å². The molecule has 0 saturated heterocycles. The monoisotopic (exact) mass is 276 g/mol. The topological polar surface area (TPSA) is 53.4 Å². The number of carboxylic acids is 1. The van der Waals surface area contributed by atoms with Gasteiger partial charge in [-0.3, -0.25) is 0 Å². The van der Waals surface area contributed by atoms with Gasteiger partial charge in [0.1, 0.15) is 12.4 Å². The Morgan fingerprint density at radius 3 is 2.42 bits per heavy atom. The van der Waals surface area contributed by atoms with Crippen molar-refractivity contribution in [3.8, 4) is 0 Å². The van der Waals surface area contributed by atoms with E-state index >= 15 is 0 Å². The molecule has 19 heavy (non-hydrogen) atoms. The lowest BCUT2D eigenvalue weighted by Crippen LogP contribution is -2.40. The lowest BCUT2D eigenvalue weighted by molar-refractivity contribution is -0.120. The first-order valence-corrected chi connectivity index (χ1v) is 5.65. The Kier molecular flexibility index (Phi) is 4.39. The first kappa shape index (κ1) is 15.3. The molecule has 0 aliphatic rings. The van der Waals surface area contributed by atoms with Crippen LogP contribution in [0.1, 0.15) is 29.8 Å². The second kappa shape index (κ2) is 5.46. The molecule has 1 aromatic rings. The predicted molar refractivity (Wildman–Crippen MR) is 64.5 cm³/mol. The standard InChI is InChI=1S/C12H15F3N2O2/c1-7(2)17(6-12(13,14)15)10-8(3)4-9(5-16-10)11(18)19/h4-5,7H,6H2,1-3H3,(H,18,19). The van der Waals surface area contributed by atoms with Gasteiger partial charge in [0.2, 0.25) is 0 Å². The summed E-state index contributed by atoms with van der Waals surface area (Å²) in [7, 11) is 0. The number of rotatable bonds is 4. The van der Waals surface area contributed by atoms with Gasteiger partial charge >= 0.3 is 12.1 Å². The summed E-state index contributed by atoms with van der Waals surface area (Å²) in [6, 6.07) is 0.916. The molecule has 0 radical (unpaired) electrons. The summed E-state index contributed by atoms with van der Waals surface area (Å²) in [6.45, 7) is 3.67. The van der Waals surface area contributed by atoms with Crippen LogP contribution in [0.15, 0.2) is 12.3 Å². The number of alkyl halides is 3. The molecule has 0 fully saturated rings. The van der Waals surface area contributed by atoms with Gasteiger partial charge in [-0.15, -0.1) is 0 Å². The molecule has 1 heterocycles. The van der Waals surface area contributed by atoms with E-state index in [-0.39, 0.29) is 11.4 Å². The van der Waals surface area contributed by atoms with Crippen molar-refractivity contribution < 1.29 is 23.1 Å². The summed E-state index contributed by atoms with van der Waals surface area (Å²) >= 11 is 0. The van der Waals surface area contributed by atoms with Crippen molar-refractivity contribution in [1.29, 1.82) is 0 Å². The summed E-state index contributed by atoms with van der Waals surface area (Å²) < 4.78 is 37.6. The SMILES string of the molecule is Cc1cc(C(=O)O)cnc1N(CC(F)(F)F)C(C)C. The van der Waals surface area contributed by atoms with Gasteiger partial charge in [0, 0.05) is 12.2 Å². The fourth-order valence-electron chi connectivity index (χ4n) is 1.68. The van der Waals surface area contributed by atoms with Crippen LogP contribution < -0.4 is 4.90 Å². The molecule has 7 heteroatoms. The van der Waals surface area contributed by atoms with Crippen LogP contribution >= 0.6 is 0 Å². The average molecular weight is 276 g/mol. The fourth-order valence-corrected chi connectivity index (χ4v) is 1.68. The zero-order chi connectivity index (χ0) is 14.8. The molecule has 1 rings (SSSR count). The van der Waals surface area contributed by atoms with E-state index in [1.165, 1.54) is 6.07 Å². The van der Waals surface area contributed by atoms with Crippen LogP contribution in [-0.4, -0.2) is 34.8 Å². The van der Waals surface area contributed by atoms with E-state index in [0.717, 1.165) is 11.1 Å². The normalized spacial score (nSPS) is 11.7. The molecule has 0 spiro atoms. The number of hydrogen-bond donors (Lipinski definition) is 1. The molecule has 0 aliphatic heterocycles. The molecule has 1 aromatic heterocycles. The van der Waals surface area contributed by atoms with Crippen molar-refractivity contribution in [3.05, 3.63) is 23.4 Å². The molecule has 0 bridgehead atoms. The number of anilines is 1. The molecule has 0 atom stereocenters. The maximum atomic E-state index is 12.5. The number of halogens is 3. The van der Waals surface area contributed by atoms with Gasteiger partial charge in [0.05, 0.1) is 5.56 Å². The molecule has 4 nitrogen and oxygen atoms in total. The Hall–Kier alpha value is -1.79. The number of aryl methyl sites for hydroxylation is 1. The van der Waals surface area contributed by atoms with E-state index in [1.54, 1.807) is 20.8 Å². The molecule has 0 amide bonds. The maximum absolute atomic E-state index is 12.5. The van der Waals surface area contributed by atoms with E-state index in [1.807, 2.05) is 0 Å². The summed E-state index contributed by atoms with van der Waals surface area (Å²) in [5.74, 6) is -1.01. The number of carbonyl (C=O) groups is 1. The van der Waals surface area contributed by atoms with Gasteiger partial charge in [-0.05, 0) is 32.4 Å². The molecule has 0 unspecified atom stereocenters. The first-order chi connectivity index (χ1) is 8.61. The second-order valence-corrected chi connectivity index (χ2v) is 4.51. The molecule has 0 aromatic carbocycles. The van der Waals surface area contributed by atoms with Crippen molar-refractivity contribution in [3.63, 3.8) is 0 Å². The highest BCUT2D eigenvalue weighted by molar-refractivity contribution is 5.87. The fraction of sp³-hybridized carbons (Fsp3) is 0.500. The Morgan fingerprint density at radius 1 is 1.47 bits per heavy atom. The van der Waals surface area contributed by atoms with Crippen LogP contribution in [0, 0.1) is 6.92 Å². The minimum atomic E-state index is -4.34. The minimum absolute atomic E-state index is 0.0445. The molecular weight excluding hydrogens is 261 g/mol. The highest BCUT2D eigenvalue weighted by Gasteiger charge is 2.33. The van der Waals surface area contributed by atoms with Crippen molar-refractivity contribution in [2.45, 2.75) is 33.0 Å². The maximum Gasteiger partial charge on any atom is 0.405 e. The zero-order valence-electron chi connectivity index (χ0n) is 10.8. The van der Waals surface area contributed by atoms with Gasteiger partial charge in [-0.2, -0.15) is 13.2 Å². The van der Waals surface area contributed by atoms with Crippen LogP contribution in [0.2, 0.25) is 0 Å². The number of aromatic nitrogens is 1. The van der Waals surface area contributed by atoms with Crippen LogP contribution in [0.3, 0.4) is 0 Å².